The predicted octanol–water partition coefficient (Wildman–Crippen LogP) is 1.24. The topological polar surface area (TPSA) is 81.8 Å². The second-order valence-corrected chi connectivity index (χ2v) is 7.52. The molecule has 2 N–H and O–H groups in total. The van der Waals surface area contributed by atoms with E-state index in [9.17, 15) is 14.4 Å². The fourth-order valence-electron chi connectivity index (χ4n) is 4.06. The highest BCUT2D eigenvalue weighted by Gasteiger charge is 2.32. The molecule has 0 spiro atoms. The van der Waals surface area contributed by atoms with Gasteiger partial charge in [-0.05, 0) is 23.9 Å². The maximum absolute atomic E-state index is 12.8. The zero-order valence-electron chi connectivity index (χ0n) is 16.4. The number of piperazine rings is 1. The van der Waals surface area contributed by atoms with Crippen LogP contribution in [0.5, 0.6) is 0 Å². The fourth-order valence-corrected chi connectivity index (χ4v) is 4.06. The van der Waals surface area contributed by atoms with Crippen LogP contribution >= 0.6 is 0 Å². The van der Waals surface area contributed by atoms with Crippen LogP contribution in [0.4, 0.5) is 0 Å². The Balaban J connectivity index is 1.29. The molecule has 0 bridgehead atoms. The summed E-state index contributed by atoms with van der Waals surface area (Å²) in [5.41, 5.74) is 1.11. The van der Waals surface area contributed by atoms with Crippen molar-refractivity contribution in [1.82, 2.24) is 20.4 Å². The molecule has 0 aliphatic carbocycles. The normalized spacial score (nSPS) is 17.0. The highest BCUT2D eigenvalue weighted by molar-refractivity contribution is 6.25. The van der Waals surface area contributed by atoms with E-state index in [1.165, 1.54) is 4.90 Å². The minimum Gasteiger partial charge on any atom is -0.355 e. The molecular formula is C22H26N4O3. The van der Waals surface area contributed by atoms with Crippen molar-refractivity contribution >= 4 is 28.5 Å². The van der Waals surface area contributed by atoms with Crippen molar-refractivity contribution < 1.29 is 14.4 Å². The van der Waals surface area contributed by atoms with Gasteiger partial charge >= 0.3 is 0 Å². The van der Waals surface area contributed by atoms with Gasteiger partial charge in [0.25, 0.3) is 11.8 Å². The van der Waals surface area contributed by atoms with Crippen molar-refractivity contribution in [3.8, 4) is 0 Å². The molecule has 3 amide bonds. The van der Waals surface area contributed by atoms with Crippen molar-refractivity contribution in [3.05, 3.63) is 47.5 Å². The number of nitrogens with one attached hydrogen (secondary N) is 2. The summed E-state index contributed by atoms with van der Waals surface area (Å²) >= 11 is 0. The summed E-state index contributed by atoms with van der Waals surface area (Å²) in [6.45, 7) is 5.69. The van der Waals surface area contributed by atoms with Gasteiger partial charge in [-0.1, -0.05) is 24.3 Å². The largest absolute Gasteiger partial charge is 0.355 e. The zero-order valence-corrected chi connectivity index (χ0v) is 16.4. The summed E-state index contributed by atoms with van der Waals surface area (Å²) in [5.74, 6) is -0.601. The number of rotatable bonds is 7. The van der Waals surface area contributed by atoms with Crippen LogP contribution in [0.1, 0.15) is 33.6 Å². The van der Waals surface area contributed by atoms with Gasteiger partial charge < -0.3 is 10.6 Å². The highest BCUT2D eigenvalue weighted by Crippen LogP contribution is 2.29. The molecule has 2 aliphatic rings. The van der Waals surface area contributed by atoms with Gasteiger partial charge in [-0.15, -0.1) is 0 Å². The van der Waals surface area contributed by atoms with Gasteiger partial charge in [0.15, 0.2) is 0 Å². The van der Waals surface area contributed by atoms with E-state index in [-0.39, 0.29) is 24.3 Å². The molecule has 0 radical (unpaired) electrons. The lowest BCUT2D eigenvalue weighted by Gasteiger charge is -2.27. The Morgan fingerprint density at radius 2 is 1.62 bits per heavy atom. The molecule has 2 aliphatic heterocycles. The average molecular weight is 394 g/mol. The fraction of sp³-hybridized carbons (Fsp3) is 0.409. The number of nitrogens with zero attached hydrogens (tertiary/aromatic N) is 2. The Hall–Kier alpha value is -2.77. The smallest absolute Gasteiger partial charge is 0.261 e. The third-order valence-electron chi connectivity index (χ3n) is 5.60. The van der Waals surface area contributed by atoms with Crippen LogP contribution in [0.25, 0.3) is 10.8 Å². The quantitative estimate of drug-likeness (QED) is 0.691. The first-order chi connectivity index (χ1) is 14.1. The van der Waals surface area contributed by atoms with Gasteiger partial charge in [0.2, 0.25) is 5.91 Å². The van der Waals surface area contributed by atoms with Crippen molar-refractivity contribution in [2.24, 2.45) is 0 Å². The summed E-state index contributed by atoms with van der Waals surface area (Å²) in [4.78, 5) is 41.4. The van der Waals surface area contributed by atoms with Crippen molar-refractivity contribution in [1.29, 1.82) is 0 Å². The van der Waals surface area contributed by atoms with E-state index >= 15 is 0 Å². The molecule has 29 heavy (non-hydrogen) atoms. The Bertz CT molecular complexity index is 886. The van der Waals surface area contributed by atoms with Gasteiger partial charge in [0.1, 0.15) is 0 Å². The van der Waals surface area contributed by atoms with Crippen LogP contribution in [0, 0.1) is 0 Å². The molecule has 7 nitrogen and oxygen atoms in total. The lowest BCUT2D eigenvalue weighted by molar-refractivity contribution is -0.121. The van der Waals surface area contributed by atoms with Crippen LogP contribution in [0.2, 0.25) is 0 Å². The zero-order chi connectivity index (χ0) is 20.2. The number of imide groups is 1. The monoisotopic (exact) mass is 394 g/mol. The maximum Gasteiger partial charge on any atom is 0.261 e. The lowest BCUT2D eigenvalue weighted by Crippen LogP contribution is -2.46. The van der Waals surface area contributed by atoms with E-state index in [0.29, 0.717) is 30.5 Å². The van der Waals surface area contributed by atoms with Gasteiger partial charge in [-0.3, -0.25) is 24.2 Å². The van der Waals surface area contributed by atoms with E-state index in [4.69, 9.17) is 0 Å². The van der Waals surface area contributed by atoms with Gasteiger partial charge in [0, 0.05) is 68.7 Å². The number of amides is 3. The summed E-state index contributed by atoms with van der Waals surface area (Å²) in [7, 11) is 0. The molecule has 4 rings (SSSR count). The Morgan fingerprint density at radius 3 is 2.28 bits per heavy atom. The molecule has 0 atom stereocenters. The number of benzene rings is 2. The number of carbonyl (C=O) groups is 3. The third-order valence-corrected chi connectivity index (χ3v) is 5.60. The van der Waals surface area contributed by atoms with Crippen LogP contribution in [0.15, 0.2) is 36.4 Å². The Morgan fingerprint density at radius 1 is 0.966 bits per heavy atom. The first-order valence-corrected chi connectivity index (χ1v) is 10.2. The van der Waals surface area contributed by atoms with Crippen molar-refractivity contribution in [3.63, 3.8) is 0 Å². The van der Waals surface area contributed by atoms with E-state index in [0.717, 1.165) is 43.5 Å². The molecular weight excluding hydrogens is 368 g/mol. The number of hydrogen-bond donors (Lipinski definition) is 2. The molecule has 2 heterocycles. The van der Waals surface area contributed by atoms with E-state index in [1.54, 1.807) is 12.1 Å². The molecule has 0 saturated carbocycles. The lowest BCUT2D eigenvalue weighted by atomic mass is 9.94. The highest BCUT2D eigenvalue weighted by atomic mass is 16.2. The second kappa shape index (κ2) is 8.71. The number of hydrogen-bond acceptors (Lipinski definition) is 5. The molecule has 2 aromatic rings. The van der Waals surface area contributed by atoms with Crippen molar-refractivity contribution in [2.45, 2.75) is 12.8 Å². The minimum absolute atomic E-state index is 0.0421. The number of carbonyl (C=O) groups excluding carboxylic acids is 3. The third kappa shape index (κ3) is 4.16. The Labute approximate surface area is 170 Å². The van der Waals surface area contributed by atoms with Crippen molar-refractivity contribution in [2.75, 3.05) is 45.8 Å². The van der Waals surface area contributed by atoms with Crippen LogP contribution in [-0.4, -0.2) is 73.3 Å². The molecule has 152 valence electrons. The molecule has 0 unspecified atom stereocenters. The maximum atomic E-state index is 12.8. The van der Waals surface area contributed by atoms with E-state index < -0.39 is 0 Å². The van der Waals surface area contributed by atoms with Crippen LogP contribution < -0.4 is 10.6 Å². The minimum atomic E-state index is -0.279. The molecule has 7 heteroatoms. The first kappa shape index (κ1) is 19.5. The average Bonchev–Trinajstić information content (AvgIpc) is 2.75. The molecule has 2 aromatic carbocycles. The Kier molecular flexibility index (Phi) is 5.87. The van der Waals surface area contributed by atoms with Crippen LogP contribution in [-0.2, 0) is 4.79 Å². The second-order valence-electron chi connectivity index (χ2n) is 7.52. The molecule has 1 fully saturated rings. The van der Waals surface area contributed by atoms with E-state index in [2.05, 4.69) is 15.5 Å². The SMILES string of the molecule is O=C(CCCN1C(=O)c2cccc3cccc(c23)C1=O)NCCN1CCNCC1. The summed E-state index contributed by atoms with van der Waals surface area (Å²) in [6.07, 6.45) is 0.750. The van der Waals surface area contributed by atoms with Gasteiger partial charge in [0.05, 0.1) is 0 Å². The predicted molar refractivity (Wildman–Crippen MR) is 111 cm³/mol. The standard InChI is InChI=1S/C22H26N4O3/c27-19(24-11-15-25-13-9-23-10-14-25)8-3-12-26-21(28)17-6-1-4-16-5-2-7-18(20(16)17)22(26)29/h1-2,4-7,23H,3,8-15H2,(H,24,27). The summed E-state index contributed by atoms with van der Waals surface area (Å²) < 4.78 is 0. The molecule has 1 saturated heterocycles. The summed E-state index contributed by atoms with van der Waals surface area (Å²) in [5, 5.41) is 7.86. The van der Waals surface area contributed by atoms with Crippen LogP contribution in [0.3, 0.4) is 0 Å². The van der Waals surface area contributed by atoms with Gasteiger partial charge in [-0.25, -0.2) is 0 Å². The first-order valence-electron chi connectivity index (χ1n) is 10.2. The molecule has 0 aromatic heterocycles. The van der Waals surface area contributed by atoms with E-state index in [1.807, 2.05) is 24.3 Å². The summed E-state index contributed by atoms with van der Waals surface area (Å²) in [6, 6.07) is 11.0. The van der Waals surface area contributed by atoms with Gasteiger partial charge in [-0.2, -0.15) is 0 Å².